The third-order valence-electron chi connectivity index (χ3n) is 2.70. The third-order valence-corrected chi connectivity index (χ3v) is 3.85. The highest BCUT2D eigenvalue weighted by atomic mass is 79.9. The molecule has 1 N–H and O–H groups in total. The molecule has 1 atom stereocenters. The van der Waals surface area contributed by atoms with Gasteiger partial charge in [0.2, 0.25) is 0 Å². The smallest absolute Gasteiger partial charge is 0.126 e. The fraction of sp³-hybridized carbons (Fsp3) is 0.214. The molecule has 4 heteroatoms. The second kappa shape index (κ2) is 6.21. The lowest BCUT2D eigenvalue weighted by molar-refractivity contribution is 0.880. The molecule has 0 aliphatic heterocycles. The molecule has 1 heterocycles. The molecule has 0 aliphatic rings. The first-order valence-corrected chi connectivity index (χ1v) is 7.04. The molecular weight excluding hydrogens is 312 g/mol. The van der Waals surface area contributed by atoms with Crippen molar-refractivity contribution < 1.29 is 0 Å². The molecule has 0 saturated heterocycles. The second-order valence-corrected chi connectivity index (χ2v) is 5.19. The summed E-state index contributed by atoms with van der Waals surface area (Å²) in [4.78, 5) is 4.47. The summed E-state index contributed by atoms with van der Waals surface area (Å²) in [5.41, 5.74) is 2.12. The number of hydrogen-bond acceptors (Lipinski definition) is 2. The van der Waals surface area contributed by atoms with Gasteiger partial charge in [0.05, 0.1) is 11.7 Å². The zero-order chi connectivity index (χ0) is 13.0. The molecule has 2 nitrogen and oxygen atoms in total. The Bertz CT molecular complexity index is 516. The first-order valence-electron chi connectivity index (χ1n) is 5.71. The molecule has 2 rings (SSSR count). The van der Waals surface area contributed by atoms with Crippen LogP contribution in [-0.4, -0.2) is 10.9 Å². The van der Waals surface area contributed by atoms with Gasteiger partial charge >= 0.3 is 0 Å². The van der Waals surface area contributed by atoms with E-state index in [2.05, 4.69) is 38.4 Å². The van der Waals surface area contributed by atoms with Crippen LogP contribution in [0.15, 0.2) is 46.9 Å². The predicted octanol–water partition coefficient (Wildman–Crippen LogP) is 4.54. The van der Waals surface area contributed by atoms with Crippen molar-refractivity contribution in [3.05, 3.63) is 58.2 Å². The molecule has 1 unspecified atom stereocenters. The number of aryl methyl sites for hydroxylation is 1. The Morgan fingerprint density at radius 3 is 2.56 bits per heavy atom. The van der Waals surface area contributed by atoms with Crippen LogP contribution in [-0.2, 0) is 0 Å². The Kier molecular flexibility index (Phi) is 4.61. The van der Waals surface area contributed by atoms with Crippen LogP contribution in [0.2, 0.25) is 0 Å². The minimum Gasteiger partial charge on any atom is -0.362 e. The van der Waals surface area contributed by atoms with Crippen molar-refractivity contribution in [2.45, 2.75) is 13.0 Å². The van der Waals surface area contributed by atoms with Crippen LogP contribution in [0.4, 0.5) is 5.82 Å². The Labute approximate surface area is 121 Å². The van der Waals surface area contributed by atoms with Crippen LogP contribution in [0.1, 0.15) is 17.3 Å². The van der Waals surface area contributed by atoms with Gasteiger partial charge in [-0.05, 0) is 40.5 Å². The molecule has 1 aromatic carbocycles. The van der Waals surface area contributed by atoms with Gasteiger partial charge in [0.1, 0.15) is 5.82 Å². The number of halogens is 2. The van der Waals surface area contributed by atoms with Gasteiger partial charge in [-0.25, -0.2) is 4.98 Å². The summed E-state index contributed by atoms with van der Waals surface area (Å²) >= 11 is 9.46. The van der Waals surface area contributed by atoms with Crippen molar-refractivity contribution in [3.63, 3.8) is 0 Å². The first-order chi connectivity index (χ1) is 8.70. The van der Waals surface area contributed by atoms with Gasteiger partial charge in [-0.3, -0.25) is 0 Å². The van der Waals surface area contributed by atoms with Crippen LogP contribution in [0.5, 0.6) is 0 Å². The van der Waals surface area contributed by atoms with Gasteiger partial charge in [0.25, 0.3) is 0 Å². The minimum absolute atomic E-state index is 0.0703. The van der Waals surface area contributed by atoms with E-state index in [1.807, 2.05) is 37.3 Å². The summed E-state index contributed by atoms with van der Waals surface area (Å²) in [5.74, 6) is 1.34. The summed E-state index contributed by atoms with van der Waals surface area (Å²) < 4.78 is 1.01. The van der Waals surface area contributed by atoms with Gasteiger partial charge in [0.15, 0.2) is 0 Å². The average molecular weight is 326 g/mol. The van der Waals surface area contributed by atoms with Crippen LogP contribution >= 0.6 is 27.5 Å². The zero-order valence-electron chi connectivity index (χ0n) is 10.0. The molecule has 0 amide bonds. The van der Waals surface area contributed by atoms with Crippen molar-refractivity contribution in [2.75, 3.05) is 11.2 Å². The Balaban J connectivity index is 2.18. The summed E-state index contributed by atoms with van der Waals surface area (Å²) in [5, 5.41) is 3.35. The molecule has 0 fully saturated rings. The zero-order valence-corrected chi connectivity index (χ0v) is 12.4. The van der Waals surface area contributed by atoms with E-state index >= 15 is 0 Å². The second-order valence-electron chi connectivity index (χ2n) is 4.03. The number of benzene rings is 1. The molecule has 2 aromatic rings. The summed E-state index contributed by atoms with van der Waals surface area (Å²) in [7, 11) is 0. The van der Waals surface area contributed by atoms with Gasteiger partial charge < -0.3 is 5.32 Å². The molecular formula is C14H14BrClN2. The highest BCUT2D eigenvalue weighted by molar-refractivity contribution is 9.10. The number of aromatic nitrogens is 1. The topological polar surface area (TPSA) is 24.9 Å². The predicted molar refractivity (Wildman–Crippen MR) is 80.2 cm³/mol. The number of hydrogen-bond donors (Lipinski definition) is 1. The van der Waals surface area contributed by atoms with Crippen molar-refractivity contribution in [3.8, 4) is 0 Å². The van der Waals surface area contributed by atoms with Crippen molar-refractivity contribution in [1.82, 2.24) is 4.98 Å². The Hall–Kier alpha value is -1.06. The summed E-state index contributed by atoms with van der Waals surface area (Å²) in [6, 6.07) is 14.1. The van der Waals surface area contributed by atoms with E-state index in [1.54, 1.807) is 0 Å². The van der Waals surface area contributed by atoms with Gasteiger partial charge in [0, 0.05) is 10.4 Å². The van der Waals surface area contributed by atoms with E-state index < -0.39 is 0 Å². The number of pyridine rings is 1. The first kappa shape index (κ1) is 13.4. The molecule has 94 valence electrons. The number of alkyl halides is 1. The lowest BCUT2D eigenvalue weighted by Gasteiger charge is -2.17. The fourth-order valence-electron chi connectivity index (χ4n) is 1.70. The third kappa shape index (κ3) is 3.24. The van der Waals surface area contributed by atoms with Crippen molar-refractivity contribution in [2.24, 2.45) is 0 Å². The molecule has 0 radical (unpaired) electrons. The minimum atomic E-state index is 0.0703. The maximum Gasteiger partial charge on any atom is 0.126 e. The maximum atomic E-state index is 6.02. The molecule has 0 spiro atoms. The molecule has 0 saturated carbocycles. The highest BCUT2D eigenvalue weighted by Crippen LogP contribution is 2.22. The molecule has 1 aromatic heterocycles. The Morgan fingerprint density at radius 2 is 1.94 bits per heavy atom. The standard InChI is InChI=1S/C14H14BrClN2/c1-10-12(15)7-8-14(17-10)18-13(9-16)11-5-3-2-4-6-11/h2-8,13H,9H2,1H3,(H,17,18). The van der Waals surface area contributed by atoms with E-state index in [4.69, 9.17) is 11.6 Å². The lowest BCUT2D eigenvalue weighted by Crippen LogP contribution is -2.13. The SMILES string of the molecule is Cc1nc(NC(CCl)c2ccccc2)ccc1Br. The quantitative estimate of drug-likeness (QED) is 0.835. The van der Waals surface area contributed by atoms with E-state index in [1.165, 1.54) is 0 Å². The van der Waals surface area contributed by atoms with Crippen LogP contribution in [0, 0.1) is 6.92 Å². The molecule has 0 aliphatic carbocycles. The van der Waals surface area contributed by atoms with E-state index in [-0.39, 0.29) is 6.04 Å². The van der Waals surface area contributed by atoms with Crippen LogP contribution in [0.3, 0.4) is 0 Å². The number of rotatable bonds is 4. The van der Waals surface area contributed by atoms with E-state index in [0.29, 0.717) is 5.88 Å². The van der Waals surface area contributed by atoms with Gasteiger partial charge in [-0.2, -0.15) is 0 Å². The fourth-order valence-corrected chi connectivity index (χ4v) is 2.18. The lowest BCUT2D eigenvalue weighted by atomic mass is 10.1. The summed E-state index contributed by atoms with van der Waals surface area (Å²) in [6.45, 7) is 1.97. The number of nitrogens with one attached hydrogen (secondary N) is 1. The monoisotopic (exact) mass is 324 g/mol. The largest absolute Gasteiger partial charge is 0.362 e. The maximum absolute atomic E-state index is 6.02. The van der Waals surface area contributed by atoms with Crippen molar-refractivity contribution >= 4 is 33.3 Å². The normalized spacial score (nSPS) is 12.2. The highest BCUT2D eigenvalue weighted by Gasteiger charge is 2.10. The van der Waals surface area contributed by atoms with E-state index in [9.17, 15) is 0 Å². The van der Waals surface area contributed by atoms with Gasteiger partial charge in [-0.1, -0.05) is 30.3 Å². The van der Waals surface area contributed by atoms with Crippen LogP contribution < -0.4 is 5.32 Å². The Morgan fingerprint density at radius 1 is 1.22 bits per heavy atom. The summed E-state index contributed by atoms with van der Waals surface area (Å²) in [6.07, 6.45) is 0. The van der Waals surface area contributed by atoms with Crippen LogP contribution in [0.25, 0.3) is 0 Å². The average Bonchev–Trinajstić information content (AvgIpc) is 2.41. The number of nitrogens with zero attached hydrogens (tertiary/aromatic N) is 1. The van der Waals surface area contributed by atoms with E-state index in [0.717, 1.165) is 21.5 Å². The van der Waals surface area contributed by atoms with Gasteiger partial charge in [-0.15, -0.1) is 11.6 Å². The van der Waals surface area contributed by atoms with Crippen molar-refractivity contribution in [1.29, 1.82) is 0 Å². The number of anilines is 1. The molecule has 18 heavy (non-hydrogen) atoms. The molecule has 0 bridgehead atoms.